The minimum absolute atomic E-state index is 0.0231. The summed E-state index contributed by atoms with van der Waals surface area (Å²) in [7, 11) is -3.46. The molecule has 0 aliphatic carbocycles. The maximum absolute atomic E-state index is 12.5. The standard InChI is InChI=1S/C22H24N4O3S/c27-30(28,16-11-18-5-2-1-3-6-18)25-20-8-4-7-19(17-20)21-9-10-22(24-23-21)26-12-14-29-15-13-26/h1-10,17,25H,11-16H2. The lowest BCUT2D eigenvalue weighted by atomic mass is 10.1. The summed E-state index contributed by atoms with van der Waals surface area (Å²) in [5.74, 6) is 0.842. The van der Waals surface area contributed by atoms with Crippen molar-refractivity contribution in [3.05, 3.63) is 72.3 Å². The molecule has 1 fully saturated rings. The van der Waals surface area contributed by atoms with Crippen LogP contribution in [0.4, 0.5) is 11.5 Å². The summed E-state index contributed by atoms with van der Waals surface area (Å²) >= 11 is 0. The van der Waals surface area contributed by atoms with Crippen molar-refractivity contribution in [3.63, 3.8) is 0 Å². The summed E-state index contributed by atoms with van der Waals surface area (Å²) in [6.45, 7) is 2.98. The first-order valence-electron chi connectivity index (χ1n) is 9.90. The topological polar surface area (TPSA) is 84.4 Å². The molecule has 0 radical (unpaired) electrons. The molecule has 1 aliphatic heterocycles. The smallest absolute Gasteiger partial charge is 0.233 e. The van der Waals surface area contributed by atoms with Gasteiger partial charge in [-0.05, 0) is 36.2 Å². The van der Waals surface area contributed by atoms with Gasteiger partial charge in [0.05, 0.1) is 24.7 Å². The Morgan fingerprint density at radius 1 is 0.933 bits per heavy atom. The van der Waals surface area contributed by atoms with Crippen LogP contribution < -0.4 is 9.62 Å². The number of hydrogen-bond acceptors (Lipinski definition) is 6. The van der Waals surface area contributed by atoms with Crippen LogP contribution in [-0.4, -0.2) is 50.7 Å². The predicted octanol–water partition coefficient (Wildman–Crippen LogP) is 2.96. The number of morpholine rings is 1. The minimum atomic E-state index is -3.46. The molecule has 0 spiro atoms. The van der Waals surface area contributed by atoms with Crippen LogP contribution >= 0.6 is 0 Å². The minimum Gasteiger partial charge on any atom is -0.378 e. The van der Waals surface area contributed by atoms with E-state index in [9.17, 15) is 8.42 Å². The molecule has 1 N–H and O–H groups in total. The van der Waals surface area contributed by atoms with Crippen LogP contribution in [0.3, 0.4) is 0 Å². The Balaban J connectivity index is 1.43. The molecule has 156 valence electrons. The summed E-state index contributed by atoms with van der Waals surface area (Å²) in [6.07, 6.45) is 0.463. The predicted molar refractivity (Wildman–Crippen MR) is 118 cm³/mol. The van der Waals surface area contributed by atoms with Crippen LogP contribution in [0.25, 0.3) is 11.3 Å². The average molecular weight is 425 g/mol. The van der Waals surface area contributed by atoms with E-state index < -0.39 is 10.0 Å². The number of nitrogens with zero attached hydrogens (tertiary/aromatic N) is 3. The van der Waals surface area contributed by atoms with Crippen LogP contribution in [0.2, 0.25) is 0 Å². The number of benzene rings is 2. The fraction of sp³-hybridized carbons (Fsp3) is 0.273. The summed E-state index contributed by atoms with van der Waals surface area (Å²) in [5.41, 5.74) is 3.00. The molecule has 2 heterocycles. The molecule has 3 aromatic rings. The number of hydrogen-bond donors (Lipinski definition) is 1. The lowest BCUT2D eigenvalue weighted by Gasteiger charge is -2.27. The first kappa shape index (κ1) is 20.3. The van der Waals surface area contributed by atoms with E-state index in [0.717, 1.165) is 30.0 Å². The lowest BCUT2D eigenvalue weighted by molar-refractivity contribution is 0.122. The summed E-state index contributed by atoms with van der Waals surface area (Å²) in [5, 5.41) is 8.66. The zero-order valence-electron chi connectivity index (χ0n) is 16.6. The normalized spacial score (nSPS) is 14.5. The summed E-state index contributed by atoms with van der Waals surface area (Å²) < 4.78 is 33.0. The molecule has 0 atom stereocenters. The number of sulfonamides is 1. The SMILES string of the molecule is O=S(=O)(CCc1ccccc1)Nc1cccc(-c2ccc(N3CCOCC3)nn2)c1. The quantitative estimate of drug-likeness (QED) is 0.628. The number of aromatic nitrogens is 2. The van der Waals surface area contributed by atoms with Gasteiger partial charge in [0.25, 0.3) is 0 Å². The third-order valence-corrected chi connectivity index (χ3v) is 6.21. The van der Waals surface area contributed by atoms with Gasteiger partial charge in [-0.2, -0.15) is 0 Å². The molecule has 0 saturated carbocycles. The Labute approximate surface area is 176 Å². The molecule has 4 rings (SSSR count). The van der Waals surface area contributed by atoms with Crippen molar-refractivity contribution < 1.29 is 13.2 Å². The van der Waals surface area contributed by atoms with Crippen molar-refractivity contribution in [3.8, 4) is 11.3 Å². The molecule has 1 saturated heterocycles. The highest BCUT2D eigenvalue weighted by atomic mass is 32.2. The first-order chi connectivity index (χ1) is 14.6. The Morgan fingerprint density at radius 3 is 2.47 bits per heavy atom. The Hall–Kier alpha value is -2.97. The van der Waals surface area contributed by atoms with E-state index in [4.69, 9.17) is 4.74 Å². The van der Waals surface area contributed by atoms with Crippen molar-refractivity contribution in [2.75, 3.05) is 41.7 Å². The van der Waals surface area contributed by atoms with Crippen LogP contribution in [0.15, 0.2) is 66.7 Å². The molecule has 8 heteroatoms. The zero-order chi connectivity index (χ0) is 20.8. The van der Waals surface area contributed by atoms with Gasteiger partial charge in [0.2, 0.25) is 10.0 Å². The van der Waals surface area contributed by atoms with Crippen LogP contribution in [-0.2, 0) is 21.2 Å². The second-order valence-corrected chi connectivity index (χ2v) is 8.96. The van der Waals surface area contributed by atoms with Crippen molar-refractivity contribution in [2.45, 2.75) is 6.42 Å². The fourth-order valence-electron chi connectivity index (χ4n) is 3.31. The largest absolute Gasteiger partial charge is 0.378 e. The molecule has 0 unspecified atom stereocenters. The third-order valence-electron chi connectivity index (χ3n) is 4.92. The molecule has 2 aromatic carbocycles. The highest BCUT2D eigenvalue weighted by molar-refractivity contribution is 7.92. The number of rotatable bonds is 7. The van der Waals surface area contributed by atoms with Crippen molar-refractivity contribution in [1.82, 2.24) is 10.2 Å². The van der Waals surface area contributed by atoms with Crippen molar-refractivity contribution in [2.24, 2.45) is 0 Å². The van der Waals surface area contributed by atoms with Gasteiger partial charge in [0.15, 0.2) is 5.82 Å². The van der Waals surface area contributed by atoms with Crippen molar-refractivity contribution in [1.29, 1.82) is 0 Å². The van der Waals surface area contributed by atoms with Gasteiger partial charge in [0, 0.05) is 24.3 Å². The van der Waals surface area contributed by atoms with Gasteiger partial charge in [-0.3, -0.25) is 4.72 Å². The highest BCUT2D eigenvalue weighted by Crippen LogP contribution is 2.23. The van der Waals surface area contributed by atoms with Gasteiger partial charge < -0.3 is 9.64 Å². The lowest BCUT2D eigenvalue weighted by Crippen LogP contribution is -2.36. The van der Waals surface area contributed by atoms with E-state index in [1.54, 1.807) is 12.1 Å². The maximum atomic E-state index is 12.5. The summed E-state index contributed by atoms with van der Waals surface area (Å²) in [4.78, 5) is 2.14. The molecule has 0 amide bonds. The van der Waals surface area contributed by atoms with Gasteiger partial charge in [0.1, 0.15) is 0 Å². The van der Waals surface area contributed by atoms with Crippen LogP contribution in [0.1, 0.15) is 5.56 Å². The molecule has 1 aliphatic rings. The number of aryl methyl sites for hydroxylation is 1. The Kier molecular flexibility index (Phi) is 6.25. The van der Waals surface area contributed by atoms with Crippen LogP contribution in [0, 0.1) is 0 Å². The number of nitrogens with one attached hydrogen (secondary N) is 1. The molecule has 7 nitrogen and oxygen atoms in total. The Bertz CT molecular complexity index is 1070. The van der Waals surface area contributed by atoms with Gasteiger partial charge in [-0.15, -0.1) is 10.2 Å². The van der Waals surface area contributed by atoms with Crippen LogP contribution in [0.5, 0.6) is 0 Å². The molecular weight excluding hydrogens is 400 g/mol. The van der Waals surface area contributed by atoms with Gasteiger partial charge in [-0.25, -0.2) is 8.42 Å². The second-order valence-electron chi connectivity index (χ2n) is 7.11. The molecular formula is C22H24N4O3S. The van der Waals surface area contributed by atoms with E-state index in [1.165, 1.54) is 0 Å². The van der Waals surface area contributed by atoms with Gasteiger partial charge >= 0.3 is 0 Å². The monoisotopic (exact) mass is 424 g/mol. The summed E-state index contributed by atoms with van der Waals surface area (Å²) in [6, 6.07) is 20.6. The van der Waals surface area contributed by atoms with Crippen molar-refractivity contribution >= 4 is 21.5 Å². The van der Waals surface area contributed by atoms with E-state index in [1.807, 2.05) is 54.6 Å². The van der Waals surface area contributed by atoms with E-state index >= 15 is 0 Å². The van der Waals surface area contributed by atoms with E-state index in [0.29, 0.717) is 31.0 Å². The van der Waals surface area contributed by atoms with Gasteiger partial charge in [-0.1, -0.05) is 42.5 Å². The third kappa shape index (κ3) is 5.34. The first-order valence-corrected chi connectivity index (χ1v) is 11.6. The average Bonchev–Trinajstić information content (AvgIpc) is 2.79. The van der Waals surface area contributed by atoms with E-state index in [-0.39, 0.29) is 5.75 Å². The second kappa shape index (κ2) is 9.23. The maximum Gasteiger partial charge on any atom is 0.233 e. The molecule has 30 heavy (non-hydrogen) atoms. The fourth-order valence-corrected chi connectivity index (χ4v) is 4.40. The number of anilines is 2. The Morgan fingerprint density at radius 2 is 1.73 bits per heavy atom. The molecule has 0 bridgehead atoms. The zero-order valence-corrected chi connectivity index (χ0v) is 17.4. The highest BCUT2D eigenvalue weighted by Gasteiger charge is 2.14. The number of ether oxygens (including phenoxy) is 1. The molecule has 1 aromatic heterocycles. The van der Waals surface area contributed by atoms with E-state index in [2.05, 4.69) is 19.8 Å².